The molecule has 3 nitrogen and oxygen atoms in total. The SMILES string of the molecule is CCCC(C=COC=CC(CCC)OC)OC. The van der Waals surface area contributed by atoms with Crippen molar-refractivity contribution >= 4 is 0 Å². The molecule has 0 heterocycles. The van der Waals surface area contributed by atoms with Crippen LogP contribution < -0.4 is 0 Å². The van der Waals surface area contributed by atoms with Gasteiger partial charge in [0.1, 0.15) is 0 Å². The van der Waals surface area contributed by atoms with Crippen LogP contribution in [0.1, 0.15) is 39.5 Å². The Morgan fingerprint density at radius 1 is 0.824 bits per heavy atom. The third kappa shape index (κ3) is 8.95. The lowest BCUT2D eigenvalue weighted by Gasteiger charge is -2.09. The Morgan fingerprint density at radius 3 is 1.53 bits per heavy atom. The van der Waals surface area contributed by atoms with Gasteiger partial charge in [0, 0.05) is 14.2 Å². The van der Waals surface area contributed by atoms with Crippen molar-refractivity contribution in [2.24, 2.45) is 0 Å². The van der Waals surface area contributed by atoms with Crippen LogP contribution in [-0.2, 0) is 14.2 Å². The van der Waals surface area contributed by atoms with Crippen LogP contribution in [0.4, 0.5) is 0 Å². The highest BCUT2D eigenvalue weighted by molar-refractivity contribution is 4.88. The molecule has 0 rings (SSSR count). The Kier molecular flexibility index (Phi) is 11.1. The highest BCUT2D eigenvalue weighted by Crippen LogP contribution is 2.04. The van der Waals surface area contributed by atoms with Crippen molar-refractivity contribution in [3.8, 4) is 0 Å². The summed E-state index contributed by atoms with van der Waals surface area (Å²) in [4.78, 5) is 0. The van der Waals surface area contributed by atoms with Crippen molar-refractivity contribution in [1.29, 1.82) is 0 Å². The minimum atomic E-state index is 0.141. The molecule has 0 spiro atoms. The van der Waals surface area contributed by atoms with E-state index in [-0.39, 0.29) is 12.2 Å². The Morgan fingerprint density at radius 2 is 1.24 bits per heavy atom. The van der Waals surface area contributed by atoms with E-state index in [4.69, 9.17) is 14.2 Å². The smallest absolute Gasteiger partial charge is 0.0887 e. The number of hydrogen-bond acceptors (Lipinski definition) is 3. The van der Waals surface area contributed by atoms with Crippen molar-refractivity contribution in [3.63, 3.8) is 0 Å². The molecule has 17 heavy (non-hydrogen) atoms. The Hall–Kier alpha value is -0.800. The van der Waals surface area contributed by atoms with Gasteiger partial charge in [-0.1, -0.05) is 26.7 Å². The van der Waals surface area contributed by atoms with Gasteiger partial charge in [0.15, 0.2) is 0 Å². The van der Waals surface area contributed by atoms with Crippen molar-refractivity contribution in [3.05, 3.63) is 24.7 Å². The summed E-state index contributed by atoms with van der Waals surface area (Å²) >= 11 is 0. The van der Waals surface area contributed by atoms with Crippen LogP contribution in [0.5, 0.6) is 0 Å². The molecular formula is C14H26O3. The van der Waals surface area contributed by atoms with Crippen molar-refractivity contribution in [2.45, 2.75) is 51.7 Å². The molecule has 3 heteroatoms. The second kappa shape index (κ2) is 11.7. The van der Waals surface area contributed by atoms with Gasteiger partial charge >= 0.3 is 0 Å². The minimum absolute atomic E-state index is 0.141. The standard InChI is InChI=1S/C14H26O3/c1-5-7-13(15-3)9-11-17-12-10-14(16-4)8-6-2/h9-14H,5-8H2,1-4H3. The predicted molar refractivity (Wildman–Crippen MR) is 70.8 cm³/mol. The summed E-state index contributed by atoms with van der Waals surface area (Å²) in [7, 11) is 3.42. The summed E-state index contributed by atoms with van der Waals surface area (Å²) in [5, 5.41) is 0. The molecule has 2 unspecified atom stereocenters. The molecule has 0 amide bonds. The van der Waals surface area contributed by atoms with Crippen LogP contribution in [0.2, 0.25) is 0 Å². The molecular weight excluding hydrogens is 216 g/mol. The van der Waals surface area contributed by atoms with Crippen molar-refractivity contribution in [1.82, 2.24) is 0 Å². The largest absolute Gasteiger partial charge is 0.473 e. The van der Waals surface area contributed by atoms with Gasteiger partial charge in [0.05, 0.1) is 24.7 Å². The molecule has 0 fully saturated rings. The molecule has 0 aliphatic rings. The summed E-state index contributed by atoms with van der Waals surface area (Å²) in [6.07, 6.45) is 11.7. The lowest BCUT2D eigenvalue weighted by atomic mass is 10.2. The molecule has 0 radical (unpaired) electrons. The Bertz CT molecular complexity index is 190. The zero-order valence-electron chi connectivity index (χ0n) is 11.5. The van der Waals surface area contributed by atoms with E-state index in [0.29, 0.717) is 0 Å². The summed E-state index contributed by atoms with van der Waals surface area (Å²) < 4.78 is 15.8. The van der Waals surface area contributed by atoms with E-state index in [9.17, 15) is 0 Å². The van der Waals surface area contributed by atoms with Crippen molar-refractivity contribution < 1.29 is 14.2 Å². The molecule has 0 saturated heterocycles. The maximum Gasteiger partial charge on any atom is 0.0887 e. The normalized spacial score (nSPS) is 15.5. The van der Waals surface area contributed by atoms with E-state index >= 15 is 0 Å². The van der Waals surface area contributed by atoms with Gasteiger partial charge < -0.3 is 14.2 Å². The molecule has 100 valence electrons. The van der Waals surface area contributed by atoms with E-state index in [1.807, 2.05) is 12.2 Å². The monoisotopic (exact) mass is 242 g/mol. The first kappa shape index (κ1) is 16.2. The summed E-state index contributed by atoms with van der Waals surface area (Å²) in [6, 6.07) is 0. The second-order valence-corrected chi connectivity index (χ2v) is 3.92. The van der Waals surface area contributed by atoms with Gasteiger partial charge in [-0.3, -0.25) is 0 Å². The fraction of sp³-hybridized carbons (Fsp3) is 0.714. The van der Waals surface area contributed by atoms with Crippen LogP contribution in [-0.4, -0.2) is 26.4 Å². The van der Waals surface area contributed by atoms with Gasteiger partial charge in [-0.15, -0.1) is 0 Å². The van der Waals surface area contributed by atoms with Gasteiger partial charge in [0.2, 0.25) is 0 Å². The molecule has 0 aromatic rings. The van der Waals surface area contributed by atoms with Crippen LogP contribution in [0, 0.1) is 0 Å². The number of hydrogen-bond donors (Lipinski definition) is 0. The molecule has 2 atom stereocenters. The quantitative estimate of drug-likeness (QED) is 0.547. The van der Waals surface area contributed by atoms with Gasteiger partial charge in [-0.2, -0.15) is 0 Å². The molecule has 0 N–H and O–H groups in total. The fourth-order valence-electron chi connectivity index (χ4n) is 1.47. The summed E-state index contributed by atoms with van der Waals surface area (Å²) in [5.74, 6) is 0. The number of rotatable bonds is 10. The number of methoxy groups -OCH3 is 2. The Labute approximate surface area is 105 Å². The maximum atomic E-state index is 5.27. The zero-order chi connectivity index (χ0) is 12.9. The minimum Gasteiger partial charge on any atom is -0.473 e. The second-order valence-electron chi connectivity index (χ2n) is 3.92. The number of ether oxygens (including phenoxy) is 3. The average Bonchev–Trinajstić information content (AvgIpc) is 2.35. The van der Waals surface area contributed by atoms with Gasteiger partial charge in [-0.25, -0.2) is 0 Å². The lowest BCUT2D eigenvalue weighted by molar-refractivity contribution is 0.128. The third-order valence-electron chi connectivity index (χ3n) is 2.50. The summed E-state index contributed by atoms with van der Waals surface area (Å²) in [6.45, 7) is 4.27. The molecule has 0 saturated carbocycles. The van der Waals surface area contributed by atoms with Crippen LogP contribution >= 0.6 is 0 Å². The molecule has 0 aliphatic carbocycles. The highest BCUT2D eigenvalue weighted by Gasteiger charge is 2.00. The van der Waals surface area contributed by atoms with Crippen molar-refractivity contribution in [2.75, 3.05) is 14.2 Å². The highest BCUT2D eigenvalue weighted by atomic mass is 16.5. The van der Waals surface area contributed by atoms with Gasteiger partial charge in [-0.05, 0) is 25.0 Å². The summed E-state index contributed by atoms with van der Waals surface area (Å²) in [5.41, 5.74) is 0. The first-order valence-corrected chi connectivity index (χ1v) is 6.32. The zero-order valence-corrected chi connectivity index (χ0v) is 11.5. The predicted octanol–water partition coefficient (Wildman–Crippen LogP) is 3.66. The van der Waals surface area contributed by atoms with E-state index in [2.05, 4.69) is 13.8 Å². The Balaban J connectivity index is 3.86. The fourth-order valence-corrected chi connectivity index (χ4v) is 1.47. The topological polar surface area (TPSA) is 27.7 Å². The third-order valence-corrected chi connectivity index (χ3v) is 2.50. The van der Waals surface area contributed by atoms with Crippen LogP contribution in [0.25, 0.3) is 0 Å². The van der Waals surface area contributed by atoms with Gasteiger partial charge in [0.25, 0.3) is 0 Å². The first-order valence-electron chi connectivity index (χ1n) is 6.32. The molecule has 0 aromatic heterocycles. The van der Waals surface area contributed by atoms with E-state index in [1.54, 1.807) is 26.7 Å². The van der Waals surface area contributed by atoms with Crippen LogP contribution in [0.15, 0.2) is 24.7 Å². The van der Waals surface area contributed by atoms with E-state index in [0.717, 1.165) is 25.7 Å². The van der Waals surface area contributed by atoms with Crippen LogP contribution in [0.3, 0.4) is 0 Å². The molecule has 0 aliphatic heterocycles. The van der Waals surface area contributed by atoms with E-state index < -0.39 is 0 Å². The molecule has 0 aromatic carbocycles. The molecule has 0 bridgehead atoms. The first-order chi connectivity index (χ1) is 8.28. The average molecular weight is 242 g/mol. The maximum absolute atomic E-state index is 5.27. The lowest BCUT2D eigenvalue weighted by Crippen LogP contribution is -2.06. The van der Waals surface area contributed by atoms with E-state index in [1.165, 1.54) is 0 Å².